The van der Waals surface area contributed by atoms with Gasteiger partial charge in [0.15, 0.2) is 0 Å². The number of nitrogens with zero attached hydrogens (tertiary/aromatic N) is 4. The molecule has 3 aromatic rings. The van der Waals surface area contributed by atoms with E-state index in [0.29, 0.717) is 21.8 Å². The summed E-state index contributed by atoms with van der Waals surface area (Å²) in [6.45, 7) is 1.92. The number of pyridine rings is 1. The number of hydrogen-bond donors (Lipinski definition) is 2. The molecule has 1 fully saturated rings. The highest BCUT2D eigenvalue weighted by Gasteiger charge is 2.29. The first kappa shape index (κ1) is 17.3. The lowest BCUT2D eigenvalue weighted by molar-refractivity contribution is 0.636. The maximum absolute atomic E-state index is 13.1. The highest BCUT2D eigenvalue weighted by atomic mass is 35.5. The molecule has 0 bridgehead atoms. The summed E-state index contributed by atoms with van der Waals surface area (Å²) < 4.78 is 1.81. The van der Waals surface area contributed by atoms with Crippen LogP contribution in [0.5, 0.6) is 0 Å². The fraction of sp³-hybridized carbons (Fsp3) is 0.263. The van der Waals surface area contributed by atoms with Gasteiger partial charge in [-0.15, -0.1) is 0 Å². The number of halogens is 1. The van der Waals surface area contributed by atoms with Gasteiger partial charge in [0.05, 0.1) is 22.6 Å². The topological polar surface area (TPSA) is 110 Å². The number of benzene rings is 1. The van der Waals surface area contributed by atoms with Gasteiger partial charge in [0.2, 0.25) is 5.95 Å². The molecular formula is C19H17ClN6O. The van der Waals surface area contributed by atoms with E-state index in [4.69, 9.17) is 17.3 Å². The number of rotatable bonds is 4. The first-order chi connectivity index (χ1) is 13.0. The Hall–Kier alpha value is -3.11. The molecule has 0 amide bonds. The van der Waals surface area contributed by atoms with E-state index in [0.717, 1.165) is 23.9 Å². The van der Waals surface area contributed by atoms with E-state index < -0.39 is 0 Å². The number of nitriles is 1. The third-order valence-corrected chi connectivity index (χ3v) is 5.01. The maximum atomic E-state index is 13.1. The molecule has 27 heavy (non-hydrogen) atoms. The summed E-state index contributed by atoms with van der Waals surface area (Å²) in [6.07, 6.45) is 3.30. The molecule has 0 aliphatic heterocycles. The van der Waals surface area contributed by atoms with Crippen LogP contribution in [0.15, 0.2) is 35.3 Å². The standard InChI is InChI=1S/C19H17ClN6O/c1-10(24-17-12(8-21)9-23-19(22)25-17)15-7-11-3-2-4-14(20)16(11)18(27)26(15)13-5-6-13/h2-4,7,9-10,13H,5-6H2,1H3,(H3,22,23,24,25)/t10-/m0/s1. The van der Waals surface area contributed by atoms with Crippen LogP contribution in [0.2, 0.25) is 5.02 Å². The summed E-state index contributed by atoms with van der Waals surface area (Å²) in [4.78, 5) is 21.1. The van der Waals surface area contributed by atoms with Crippen LogP contribution in [0.25, 0.3) is 10.8 Å². The minimum Gasteiger partial charge on any atom is -0.368 e. The van der Waals surface area contributed by atoms with Crippen molar-refractivity contribution in [1.29, 1.82) is 5.26 Å². The third-order valence-electron chi connectivity index (χ3n) is 4.70. The lowest BCUT2D eigenvalue weighted by Crippen LogP contribution is -2.26. The predicted molar refractivity (Wildman–Crippen MR) is 105 cm³/mol. The molecule has 3 N–H and O–H groups in total. The Morgan fingerprint density at radius 2 is 2.22 bits per heavy atom. The van der Waals surface area contributed by atoms with Crippen molar-refractivity contribution in [3.63, 3.8) is 0 Å². The van der Waals surface area contributed by atoms with Crippen LogP contribution in [0.4, 0.5) is 11.8 Å². The number of fused-ring (bicyclic) bond motifs is 1. The van der Waals surface area contributed by atoms with Gasteiger partial charge in [-0.3, -0.25) is 4.79 Å². The summed E-state index contributed by atoms with van der Waals surface area (Å²) in [7, 11) is 0. The fourth-order valence-corrected chi connectivity index (χ4v) is 3.53. The van der Waals surface area contributed by atoms with E-state index in [9.17, 15) is 10.1 Å². The second-order valence-electron chi connectivity index (χ2n) is 6.65. The maximum Gasteiger partial charge on any atom is 0.260 e. The molecular weight excluding hydrogens is 364 g/mol. The Kier molecular flexibility index (Phi) is 4.21. The molecule has 1 aliphatic rings. The average molecular weight is 381 g/mol. The van der Waals surface area contributed by atoms with Crippen molar-refractivity contribution in [2.45, 2.75) is 31.8 Å². The average Bonchev–Trinajstić information content (AvgIpc) is 3.46. The molecule has 1 saturated carbocycles. The summed E-state index contributed by atoms with van der Waals surface area (Å²) in [6, 6.07) is 9.34. The Bertz CT molecular complexity index is 1150. The number of nitrogens with one attached hydrogen (secondary N) is 1. The number of anilines is 2. The van der Waals surface area contributed by atoms with Crippen molar-refractivity contribution in [3.8, 4) is 6.07 Å². The smallest absolute Gasteiger partial charge is 0.260 e. The molecule has 1 aromatic carbocycles. The summed E-state index contributed by atoms with van der Waals surface area (Å²) in [5.41, 5.74) is 6.68. The summed E-state index contributed by atoms with van der Waals surface area (Å²) >= 11 is 6.28. The molecule has 0 unspecified atom stereocenters. The second kappa shape index (κ2) is 6.56. The Labute approximate surface area is 160 Å². The van der Waals surface area contributed by atoms with Crippen LogP contribution in [-0.2, 0) is 0 Å². The van der Waals surface area contributed by atoms with Crippen molar-refractivity contribution >= 4 is 34.1 Å². The highest BCUT2D eigenvalue weighted by Crippen LogP contribution is 2.37. The molecule has 8 heteroatoms. The van der Waals surface area contributed by atoms with E-state index >= 15 is 0 Å². The molecule has 4 rings (SSSR count). The van der Waals surface area contributed by atoms with Crippen LogP contribution in [0.3, 0.4) is 0 Å². The predicted octanol–water partition coefficient (Wildman–Crippen LogP) is 3.41. The Morgan fingerprint density at radius 1 is 1.44 bits per heavy atom. The minimum absolute atomic E-state index is 0.0774. The zero-order chi connectivity index (χ0) is 19.1. The van der Waals surface area contributed by atoms with E-state index in [2.05, 4.69) is 15.3 Å². The van der Waals surface area contributed by atoms with Gasteiger partial charge in [-0.25, -0.2) is 4.98 Å². The van der Waals surface area contributed by atoms with Crippen molar-refractivity contribution in [1.82, 2.24) is 14.5 Å². The van der Waals surface area contributed by atoms with Crippen LogP contribution >= 0.6 is 11.6 Å². The van der Waals surface area contributed by atoms with Crippen LogP contribution < -0.4 is 16.6 Å². The lowest BCUT2D eigenvalue weighted by atomic mass is 10.1. The van der Waals surface area contributed by atoms with Gasteiger partial charge >= 0.3 is 0 Å². The summed E-state index contributed by atoms with van der Waals surface area (Å²) in [5, 5.41) is 14.3. The zero-order valence-electron chi connectivity index (χ0n) is 14.6. The van der Waals surface area contributed by atoms with Gasteiger partial charge < -0.3 is 15.6 Å². The molecule has 0 radical (unpaired) electrons. The van der Waals surface area contributed by atoms with Gasteiger partial charge in [-0.05, 0) is 37.3 Å². The van der Waals surface area contributed by atoms with Crippen LogP contribution in [0.1, 0.15) is 43.1 Å². The molecule has 0 spiro atoms. The first-order valence-corrected chi connectivity index (χ1v) is 9.00. The number of nitrogens with two attached hydrogens (primary N) is 1. The zero-order valence-corrected chi connectivity index (χ0v) is 15.4. The normalized spacial score (nSPS) is 14.7. The van der Waals surface area contributed by atoms with E-state index in [1.807, 2.05) is 35.8 Å². The van der Waals surface area contributed by atoms with Gasteiger partial charge in [0.1, 0.15) is 17.5 Å². The summed E-state index contributed by atoms with van der Waals surface area (Å²) in [5.74, 6) is 0.423. The van der Waals surface area contributed by atoms with E-state index in [1.165, 1.54) is 6.20 Å². The fourth-order valence-electron chi connectivity index (χ4n) is 3.26. The molecule has 0 saturated heterocycles. The molecule has 1 aliphatic carbocycles. The molecule has 7 nitrogen and oxygen atoms in total. The van der Waals surface area contributed by atoms with E-state index in [-0.39, 0.29) is 23.6 Å². The quantitative estimate of drug-likeness (QED) is 0.717. The number of hydrogen-bond acceptors (Lipinski definition) is 6. The molecule has 1 atom stereocenters. The van der Waals surface area contributed by atoms with Crippen molar-refractivity contribution in [2.24, 2.45) is 0 Å². The van der Waals surface area contributed by atoms with Crippen molar-refractivity contribution in [3.05, 3.63) is 57.1 Å². The van der Waals surface area contributed by atoms with Crippen LogP contribution in [-0.4, -0.2) is 14.5 Å². The second-order valence-corrected chi connectivity index (χ2v) is 7.06. The Morgan fingerprint density at radius 3 is 2.93 bits per heavy atom. The first-order valence-electron chi connectivity index (χ1n) is 8.62. The monoisotopic (exact) mass is 380 g/mol. The lowest BCUT2D eigenvalue weighted by Gasteiger charge is -2.21. The highest BCUT2D eigenvalue weighted by molar-refractivity contribution is 6.35. The molecule has 2 heterocycles. The van der Waals surface area contributed by atoms with Gasteiger partial charge in [-0.2, -0.15) is 10.2 Å². The van der Waals surface area contributed by atoms with Crippen LogP contribution in [0, 0.1) is 11.3 Å². The number of nitrogen functional groups attached to an aromatic ring is 1. The van der Waals surface area contributed by atoms with Crippen molar-refractivity contribution < 1.29 is 0 Å². The molecule has 136 valence electrons. The van der Waals surface area contributed by atoms with Gasteiger partial charge in [0, 0.05) is 11.7 Å². The number of aromatic nitrogens is 3. The third kappa shape index (κ3) is 3.09. The van der Waals surface area contributed by atoms with Crippen molar-refractivity contribution in [2.75, 3.05) is 11.1 Å². The van der Waals surface area contributed by atoms with Gasteiger partial charge in [0.25, 0.3) is 5.56 Å². The molecule has 2 aromatic heterocycles. The SMILES string of the molecule is C[C@H](Nc1nc(N)ncc1C#N)c1cc2cccc(Cl)c2c(=O)n1C1CC1. The Balaban J connectivity index is 1.84. The minimum atomic E-state index is -0.275. The van der Waals surface area contributed by atoms with E-state index in [1.54, 1.807) is 6.07 Å². The largest absolute Gasteiger partial charge is 0.368 e. The van der Waals surface area contributed by atoms with Gasteiger partial charge in [-0.1, -0.05) is 23.7 Å².